The van der Waals surface area contributed by atoms with E-state index in [1.54, 1.807) is 55.3 Å². The maximum Gasteiger partial charge on any atom is 0.246 e. The normalized spacial score (nSPS) is 11.7. The highest BCUT2D eigenvalue weighted by atomic mass is 32.2. The van der Waals surface area contributed by atoms with Crippen LogP contribution in [0.4, 0.5) is 0 Å². The van der Waals surface area contributed by atoms with Crippen molar-refractivity contribution in [2.75, 3.05) is 0 Å². The van der Waals surface area contributed by atoms with Gasteiger partial charge in [0.25, 0.3) is 0 Å². The van der Waals surface area contributed by atoms with E-state index in [-0.39, 0.29) is 17.2 Å². The van der Waals surface area contributed by atoms with Gasteiger partial charge in [-0.3, -0.25) is 0 Å². The van der Waals surface area contributed by atoms with Crippen molar-refractivity contribution < 1.29 is 12.9 Å². The van der Waals surface area contributed by atoms with Crippen LogP contribution in [0.5, 0.6) is 0 Å². The van der Waals surface area contributed by atoms with Crippen LogP contribution in [-0.4, -0.2) is 28.3 Å². The maximum atomic E-state index is 12.3. The average Bonchev–Trinajstić information content (AvgIpc) is 3.16. The zero-order valence-corrected chi connectivity index (χ0v) is 13.4. The van der Waals surface area contributed by atoms with E-state index in [1.807, 2.05) is 0 Å². The molecule has 0 saturated heterocycles. The van der Waals surface area contributed by atoms with E-state index < -0.39 is 10.0 Å². The van der Waals surface area contributed by atoms with Crippen LogP contribution in [0.1, 0.15) is 17.0 Å². The van der Waals surface area contributed by atoms with Gasteiger partial charge in [-0.1, -0.05) is 11.2 Å². The Balaban J connectivity index is 1.73. The summed E-state index contributed by atoms with van der Waals surface area (Å²) in [7, 11) is -3.68. The second-order valence-corrected chi connectivity index (χ2v) is 6.66. The molecule has 0 fully saturated rings. The van der Waals surface area contributed by atoms with Gasteiger partial charge in [-0.2, -0.15) is 5.10 Å². The summed E-state index contributed by atoms with van der Waals surface area (Å²) >= 11 is 0. The van der Waals surface area contributed by atoms with Crippen LogP contribution in [0.25, 0.3) is 5.82 Å². The van der Waals surface area contributed by atoms with Crippen LogP contribution in [0.2, 0.25) is 0 Å². The lowest BCUT2D eigenvalue weighted by Gasteiger charge is -2.07. The minimum Gasteiger partial charge on any atom is -0.360 e. The summed E-state index contributed by atoms with van der Waals surface area (Å²) in [5, 5.41) is 7.74. The number of nitrogens with zero attached hydrogens (tertiary/aromatic N) is 4. The lowest BCUT2D eigenvalue weighted by Crippen LogP contribution is -2.24. The van der Waals surface area contributed by atoms with Crippen LogP contribution < -0.4 is 4.72 Å². The number of nitrogens with one attached hydrogen (secondary N) is 1. The molecule has 0 atom stereocenters. The highest BCUT2D eigenvalue weighted by Gasteiger charge is 2.23. The average molecular weight is 333 g/mol. The first-order valence-corrected chi connectivity index (χ1v) is 8.33. The Labute approximate surface area is 133 Å². The van der Waals surface area contributed by atoms with Gasteiger partial charge >= 0.3 is 0 Å². The van der Waals surface area contributed by atoms with Gasteiger partial charge in [0.2, 0.25) is 10.0 Å². The predicted molar refractivity (Wildman–Crippen MR) is 81.4 cm³/mol. The number of pyridine rings is 1. The summed E-state index contributed by atoms with van der Waals surface area (Å²) in [5.74, 6) is 0.925. The number of hydrogen-bond acceptors (Lipinski definition) is 6. The van der Waals surface area contributed by atoms with Crippen molar-refractivity contribution in [1.29, 1.82) is 0 Å². The van der Waals surface area contributed by atoms with Gasteiger partial charge in [0.05, 0.1) is 0 Å². The Morgan fingerprint density at radius 2 is 2.13 bits per heavy atom. The van der Waals surface area contributed by atoms with Gasteiger partial charge in [-0.15, -0.1) is 0 Å². The first-order chi connectivity index (χ1) is 11.0. The second-order valence-electron chi connectivity index (χ2n) is 4.95. The van der Waals surface area contributed by atoms with Crippen molar-refractivity contribution in [2.45, 2.75) is 25.3 Å². The van der Waals surface area contributed by atoms with Crippen molar-refractivity contribution in [2.24, 2.45) is 0 Å². The van der Waals surface area contributed by atoms with Crippen LogP contribution in [0, 0.1) is 13.8 Å². The van der Waals surface area contributed by atoms with E-state index in [2.05, 4.69) is 20.0 Å². The third-order valence-corrected chi connectivity index (χ3v) is 4.90. The molecule has 0 bridgehead atoms. The molecular formula is C14H15N5O3S. The molecule has 0 unspecified atom stereocenters. The molecular weight excluding hydrogens is 318 g/mol. The molecule has 0 spiro atoms. The Kier molecular flexibility index (Phi) is 3.97. The zero-order chi connectivity index (χ0) is 16.4. The molecule has 0 saturated carbocycles. The van der Waals surface area contributed by atoms with E-state index in [0.717, 1.165) is 5.56 Å². The molecule has 0 aliphatic heterocycles. The predicted octanol–water partition coefficient (Wildman–Crippen LogP) is 1.35. The maximum absolute atomic E-state index is 12.3. The largest absolute Gasteiger partial charge is 0.360 e. The lowest BCUT2D eigenvalue weighted by atomic mass is 10.3. The summed E-state index contributed by atoms with van der Waals surface area (Å²) in [6.07, 6.45) is 5.04. The molecule has 0 aromatic carbocycles. The van der Waals surface area contributed by atoms with E-state index in [1.165, 1.54) is 0 Å². The second kappa shape index (κ2) is 5.94. The van der Waals surface area contributed by atoms with Gasteiger partial charge in [0.15, 0.2) is 11.6 Å². The number of hydrogen-bond donors (Lipinski definition) is 1. The topological polar surface area (TPSA) is 103 Å². The zero-order valence-electron chi connectivity index (χ0n) is 12.6. The Hall–Kier alpha value is -2.52. The number of sulfonamides is 1. The third kappa shape index (κ3) is 3.15. The summed E-state index contributed by atoms with van der Waals surface area (Å²) in [5.41, 5.74) is 1.07. The molecule has 9 heteroatoms. The smallest absolute Gasteiger partial charge is 0.246 e. The monoisotopic (exact) mass is 333 g/mol. The van der Waals surface area contributed by atoms with Crippen LogP contribution in [-0.2, 0) is 16.6 Å². The summed E-state index contributed by atoms with van der Waals surface area (Å²) in [4.78, 5) is 4.34. The fourth-order valence-electron chi connectivity index (χ4n) is 2.17. The highest BCUT2D eigenvalue weighted by molar-refractivity contribution is 7.89. The molecule has 120 valence electrons. The Bertz CT molecular complexity index is 879. The van der Waals surface area contributed by atoms with E-state index in [4.69, 9.17) is 4.52 Å². The minimum absolute atomic E-state index is 0.0821. The van der Waals surface area contributed by atoms with Gasteiger partial charge in [0.1, 0.15) is 10.6 Å². The summed E-state index contributed by atoms with van der Waals surface area (Å²) in [6, 6.07) is 5.36. The Morgan fingerprint density at radius 3 is 2.70 bits per heavy atom. The molecule has 0 radical (unpaired) electrons. The SMILES string of the molecule is Cc1noc(C)c1S(=O)(=O)NCc1ccc(-n2cccn2)nc1. The molecule has 0 aliphatic carbocycles. The summed E-state index contributed by atoms with van der Waals surface area (Å²) < 4.78 is 33.7. The molecule has 3 heterocycles. The quantitative estimate of drug-likeness (QED) is 0.756. The Morgan fingerprint density at radius 1 is 1.30 bits per heavy atom. The van der Waals surface area contributed by atoms with E-state index in [0.29, 0.717) is 11.5 Å². The first-order valence-electron chi connectivity index (χ1n) is 6.85. The van der Waals surface area contributed by atoms with Crippen molar-refractivity contribution in [3.63, 3.8) is 0 Å². The van der Waals surface area contributed by atoms with Gasteiger partial charge < -0.3 is 4.52 Å². The molecule has 3 aromatic rings. The molecule has 3 rings (SSSR count). The molecule has 1 N–H and O–H groups in total. The van der Waals surface area contributed by atoms with E-state index >= 15 is 0 Å². The van der Waals surface area contributed by atoms with Crippen molar-refractivity contribution >= 4 is 10.0 Å². The lowest BCUT2D eigenvalue weighted by molar-refractivity contribution is 0.390. The standard InChI is InChI=1S/C14H15N5O3S/c1-10-14(11(2)22-18-10)23(20,21)17-9-12-4-5-13(15-8-12)19-7-3-6-16-19/h3-8,17H,9H2,1-2H3. The highest BCUT2D eigenvalue weighted by Crippen LogP contribution is 2.18. The molecule has 23 heavy (non-hydrogen) atoms. The molecule has 8 nitrogen and oxygen atoms in total. The minimum atomic E-state index is -3.68. The molecule has 3 aromatic heterocycles. The van der Waals surface area contributed by atoms with Crippen molar-refractivity contribution in [3.8, 4) is 5.82 Å². The number of rotatable bonds is 5. The van der Waals surface area contributed by atoms with Crippen LogP contribution >= 0.6 is 0 Å². The molecule has 0 amide bonds. The fraction of sp³-hybridized carbons (Fsp3) is 0.214. The third-order valence-electron chi connectivity index (χ3n) is 3.25. The van der Waals surface area contributed by atoms with Crippen LogP contribution in [0.15, 0.2) is 46.2 Å². The number of aryl methyl sites for hydroxylation is 2. The van der Waals surface area contributed by atoms with Crippen molar-refractivity contribution in [3.05, 3.63) is 53.8 Å². The summed E-state index contributed by atoms with van der Waals surface area (Å²) in [6.45, 7) is 3.28. The van der Waals surface area contributed by atoms with Gasteiger partial charge in [-0.05, 0) is 31.5 Å². The van der Waals surface area contributed by atoms with E-state index in [9.17, 15) is 8.42 Å². The van der Waals surface area contributed by atoms with Crippen LogP contribution in [0.3, 0.4) is 0 Å². The molecule has 0 aliphatic rings. The fourth-order valence-corrected chi connectivity index (χ4v) is 3.51. The van der Waals surface area contributed by atoms with Gasteiger partial charge in [0, 0.05) is 25.1 Å². The number of aromatic nitrogens is 4. The van der Waals surface area contributed by atoms with Gasteiger partial charge in [-0.25, -0.2) is 22.8 Å². The first kappa shape index (κ1) is 15.4. The van der Waals surface area contributed by atoms with Crippen molar-refractivity contribution in [1.82, 2.24) is 24.6 Å².